The molecule has 0 spiro atoms. The Hall–Kier alpha value is -2.83. The summed E-state index contributed by atoms with van der Waals surface area (Å²) in [7, 11) is 1.56. The van der Waals surface area contributed by atoms with Gasteiger partial charge in [-0.15, -0.1) is 0 Å². The number of amides is 2. The van der Waals surface area contributed by atoms with Gasteiger partial charge < -0.3 is 20.1 Å². The van der Waals surface area contributed by atoms with Crippen LogP contribution in [0.3, 0.4) is 0 Å². The Kier molecular flexibility index (Phi) is 6.11. The van der Waals surface area contributed by atoms with Crippen LogP contribution in [0, 0.1) is 0 Å². The molecule has 0 aromatic heterocycles. The number of benzene rings is 2. The third kappa shape index (κ3) is 4.67. The first-order valence-corrected chi connectivity index (χ1v) is 8.76. The third-order valence-corrected chi connectivity index (χ3v) is 4.22. The molecule has 27 heavy (non-hydrogen) atoms. The molecule has 1 aliphatic heterocycles. The van der Waals surface area contributed by atoms with Crippen molar-refractivity contribution in [3.63, 3.8) is 0 Å². The Morgan fingerprint density at radius 3 is 2.81 bits per heavy atom. The Morgan fingerprint density at radius 2 is 2.00 bits per heavy atom. The van der Waals surface area contributed by atoms with Gasteiger partial charge in [0.1, 0.15) is 12.4 Å². The van der Waals surface area contributed by atoms with E-state index in [1.165, 1.54) is 0 Å². The van der Waals surface area contributed by atoms with Gasteiger partial charge in [-0.1, -0.05) is 23.7 Å². The highest BCUT2D eigenvalue weighted by molar-refractivity contribution is 6.30. The van der Waals surface area contributed by atoms with Gasteiger partial charge in [0.25, 0.3) is 11.8 Å². The van der Waals surface area contributed by atoms with E-state index in [9.17, 15) is 9.59 Å². The SMILES string of the molecule is COCCNC(=O)c1ccccc1NC(=O)C1=Cc2cc(Cl)ccc2OC1. The smallest absolute Gasteiger partial charge is 0.255 e. The fourth-order valence-corrected chi connectivity index (χ4v) is 2.81. The molecule has 6 nitrogen and oxygen atoms in total. The van der Waals surface area contributed by atoms with Crippen molar-refractivity contribution in [3.8, 4) is 5.75 Å². The van der Waals surface area contributed by atoms with E-state index in [0.29, 0.717) is 40.7 Å². The van der Waals surface area contributed by atoms with Crippen molar-refractivity contribution in [2.45, 2.75) is 0 Å². The molecule has 2 amide bonds. The van der Waals surface area contributed by atoms with Crippen LogP contribution in [-0.4, -0.2) is 38.7 Å². The lowest BCUT2D eigenvalue weighted by atomic mass is 10.1. The maximum Gasteiger partial charge on any atom is 0.255 e. The molecular weight excluding hydrogens is 368 g/mol. The largest absolute Gasteiger partial charge is 0.488 e. The van der Waals surface area contributed by atoms with Crippen LogP contribution >= 0.6 is 11.6 Å². The van der Waals surface area contributed by atoms with Crippen molar-refractivity contribution in [3.05, 3.63) is 64.2 Å². The molecule has 0 bridgehead atoms. The molecule has 1 heterocycles. The highest BCUT2D eigenvalue weighted by atomic mass is 35.5. The predicted octanol–water partition coefficient (Wildman–Crippen LogP) is 3.13. The van der Waals surface area contributed by atoms with Crippen LogP contribution in [0.1, 0.15) is 15.9 Å². The van der Waals surface area contributed by atoms with Gasteiger partial charge in [-0.05, 0) is 36.4 Å². The van der Waals surface area contributed by atoms with E-state index in [2.05, 4.69) is 10.6 Å². The summed E-state index contributed by atoms with van der Waals surface area (Å²) >= 11 is 6.00. The maximum atomic E-state index is 12.7. The minimum Gasteiger partial charge on any atom is -0.488 e. The van der Waals surface area contributed by atoms with Gasteiger partial charge >= 0.3 is 0 Å². The molecule has 0 saturated carbocycles. The van der Waals surface area contributed by atoms with Gasteiger partial charge in [0.05, 0.1) is 23.4 Å². The first kappa shape index (κ1) is 18.9. The fourth-order valence-electron chi connectivity index (χ4n) is 2.63. The van der Waals surface area contributed by atoms with Gasteiger partial charge in [0.15, 0.2) is 0 Å². The molecule has 7 heteroatoms. The zero-order valence-electron chi connectivity index (χ0n) is 14.8. The first-order valence-electron chi connectivity index (χ1n) is 8.39. The minimum atomic E-state index is -0.335. The number of nitrogens with one attached hydrogen (secondary N) is 2. The highest BCUT2D eigenvalue weighted by Gasteiger charge is 2.19. The molecular formula is C20H19ClN2O4. The van der Waals surface area contributed by atoms with Crippen LogP contribution in [-0.2, 0) is 9.53 Å². The Morgan fingerprint density at radius 1 is 1.19 bits per heavy atom. The molecule has 0 atom stereocenters. The van der Waals surface area contributed by atoms with Gasteiger partial charge in [-0.2, -0.15) is 0 Å². The first-order chi connectivity index (χ1) is 13.1. The number of hydrogen-bond acceptors (Lipinski definition) is 4. The second-order valence-electron chi connectivity index (χ2n) is 5.89. The molecule has 0 saturated heterocycles. The maximum absolute atomic E-state index is 12.7. The lowest BCUT2D eigenvalue weighted by Gasteiger charge is -2.18. The molecule has 0 fully saturated rings. The summed E-state index contributed by atoms with van der Waals surface area (Å²) in [6, 6.07) is 12.1. The van der Waals surface area contributed by atoms with E-state index in [1.807, 2.05) is 0 Å². The monoisotopic (exact) mass is 386 g/mol. The van der Waals surface area contributed by atoms with E-state index in [0.717, 1.165) is 5.56 Å². The van der Waals surface area contributed by atoms with Crippen molar-refractivity contribution in [2.24, 2.45) is 0 Å². The number of para-hydroxylation sites is 1. The molecule has 2 aromatic rings. The van der Waals surface area contributed by atoms with Crippen LogP contribution in [0.5, 0.6) is 5.75 Å². The van der Waals surface area contributed by atoms with E-state index < -0.39 is 0 Å². The number of halogens is 1. The number of methoxy groups -OCH3 is 1. The lowest BCUT2D eigenvalue weighted by molar-refractivity contribution is -0.113. The number of hydrogen-bond donors (Lipinski definition) is 2. The highest BCUT2D eigenvalue weighted by Crippen LogP contribution is 2.29. The number of carbonyl (C=O) groups excluding carboxylic acids is 2. The van der Waals surface area contributed by atoms with Crippen LogP contribution in [0.15, 0.2) is 48.0 Å². The Labute approximate surface area is 162 Å². The van der Waals surface area contributed by atoms with Gasteiger partial charge in [0.2, 0.25) is 0 Å². The minimum absolute atomic E-state index is 0.142. The molecule has 3 rings (SSSR count). The quantitative estimate of drug-likeness (QED) is 0.748. The Bertz CT molecular complexity index is 895. The van der Waals surface area contributed by atoms with Crippen LogP contribution in [0.4, 0.5) is 5.69 Å². The molecule has 0 unspecified atom stereocenters. The summed E-state index contributed by atoms with van der Waals surface area (Å²) < 4.78 is 10.5. The topological polar surface area (TPSA) is 76.7 Å². The summed E-state index contributed by atoms with van der Waals surface area (Å²) in [5, 5.41) is 6.09. The fraction of sp³-hybridized carbons (Fsp3) is 0.200. The summed E-state index contributed by atoms with van der Waals surface area (Å²) in [6.45, 7) is 0.934. The molecule has 1 aliphatic rings. The van der Waals surface area contributed by atoms with Crippen molar-refractivity contribution in [1.82, 2.24) is 5.32 Å². The lowest BCUT2D eigenvalue weighted by Crippen LogP contribution is -2.28. The molecule has 2 N–H and O–H groups in total. The number of carbonyl (C=O) groups is 2. The summed E-state index contributed by atoms with van der Waals surface area (Å²) in [6.07, 6.45) is 1.74. The standard InChI is InChI=1S/C20H19ClN2O4/c1-26-9-8-22-20(25)16-4-2-3-5-17(16)23-19(24)14-10-13-11-15(21)6-7-18(13)27-12-14/h2-7,10-11H,8-9,12H2,1H3,(H,22,25)(H,23,24). The van der Waals surface area contributed by atoms with Crippen molar-refractivity contribution in [2.75, 3.05) is 32.2 Å². The summed E-state index contributed by atoms with van der Waals surface area (Å²) in [5.74, 6) is 0.0561. The molecule has 140 valence electrons. The molecule has 0 aliphatic carbocycles. The van der Waals surface area contributed by atoms with Gasteiger partial charge in [-0.3, -0.25) is 9.59 Å². The molecule has 0 radical (unpaired) electrons. The second-order valence-corrected chi connectivity index (χ2v) is 6.33. The van der Waals surface area contributed by atoms with Crippen LogP contribution in [0.25, 0.3) is 6.08 Å². The van der Waals surface area contributed by atoms with E-state index in [-0.39, 0.29) is 18.4 Å². The zero-order valence-corrected chi connectivity index (χ0v) is 15.5. The number of fused-ring (bicyclic) bond motifs is 1. The number of ether oxygens (including phenoxy) is 2. The Balaban J connectivity index is 1.76. The van der Waals surface area contributed by atoms with Crippen LogP contribution < -0.4 is 15.4 Å². The van der Waals surface area contributed by atoms with Crippen LogP contribution in [0.2, 0.25) is 5.02 Å². The second kappa shape index (κ2) is 8.70. The predicted molar refractivity (Wildman–Crippen MR) is 104 cm³/mol. The van der Waals surface area contributed by atoms with Crippen molar-refractivity contribution >= 4 is 35.2 Å². The number of anilines is 1. The van der Waals surface area contributed by atoms with Crippen molar-refractivity contribution < 1.29 is 19.1 Å². The average molecular weight is 387 g/mol. The summed E-state index contributed by atoms with van der Waals surface area (Å²) in [4.78, 5) is 25.0. The number of rotatable bonds is 6. The van der Waals surface area contributed by atoms with Gasteiger partial charge in [0, 0.05) is 24.2 Å². The third-order valence-electron chi connectivity index (χ3n) is 3.99. The normalized spacial score (nSPS) is 12.4. The van der Waals surface area contributed by atoms with E-state index >= 15 is 0 Å². The average Bonchev–Trinajstić information content (AvgIpc) is 2.67. The van der Waals surface area contributed by atoms with E-state index in [4.69, 9.17) is 21.1 Å². The zero-order chi connectivity index (χ0) is 19.2. The van der Waals surface area contributed by atoms with Crippen molar-refractivity contribution in [1.29, 1.82) is 0 Å². The van der Waals surface area contributed by atoms with E-state index in [1.54, 1.807) is 55.7 Å². The summed E-state index contributed by atoms with van der Waals surface area (Å²) in [5.41, 5.74) is 1.99. The van der Waals surface area contributed by atoms with Gasteiger partial charge in [-0.25, -0.2) is 0 Å². The molecule has 2 aromatic carbocycles.